The fourth-order valence-electron chi connectivity index (χ4n) is 3.95. The second-order valence-corrected chi connectivity index (χ2v) is 6.77. The summed E-state index contributed by atoms with van der Waals surface area (Å²) >= 11 is 0. The van der Waals surface area contributed by atoms with Crippen molar-refractivity contribution in [2.24, 2.45) is 0 Å². The number of fused-ring (bicyclic) bond motifs is 1. The summed E-state index contributed by atoms with van der Waals surface area (Å²) < 4.78 is 1.91. The average molecular weight is 314 g/mol. The monoisotopic (exact) mass is 314 g/mol. The zero-order valence-corrected chi connectivity index (χ0v) is 14.0. The van der Waals surface area contributed by atoms with E-state index < -0.39 is 0 Å². The Hall–Kier alpha value is -1.69. The van der Waals surface area contributed by atoms with Gasteiger partial charge in [-0.2, -0.15) is 4.52 Å². The van der Waals surface area contributed by atoms with Crippen LogP contribution in [0, 0.1) is 0 Å². The number of hydrogen-bond donors (Lipinski definition) is 0. The number of aromatic nitrogens is 4. The van der Waals surface area contributed by atoms with Gasteiger partial charge in [-0.05, 0) is 50.9 Å². The fourth-order valence-corrected chi connectivity index (χ4v) is 3.95. The van der Waals surface area contributed by atoms with Gasteiger partial charge in [0.1, 0.15) is 5.82 Å². The predicted molar refractivity (Wildman–Crippen MR) is 90.8 cm³/mol. The maximum Gasteiger partial charge on any atom is 0.178 e. The first-order chi connectivity index (χ1) is 11.3. The van der Waals surface area contributed by atoms with Gasteiger partial charge in [0, 0.05) is 25.6 Å². The Morgan fingerprint density at radius 3 is 2.70 bits per heavy atom. The molecule has 0 bridgehead atoms. The number of likely N-dealkylation sites (tertiary alicyclic amines) is 1. The molecule has 2 aromatic heterocycles. The molecule has 0 amide bonds. The summed E-state index contributed by atoms with van der Waals surface area (Å²) in [5, 5.41) is 13.2. The Balaban J connectivity index is 1.59. The number of nitrogens with zero attached hydrogens (tertiary/aromatic N) is 6. The van der Waals surface area contributed by atoms with Gasteiger partial charge in [-0.15, -0.1) is 15.3 Å². The number of hydrogen-bond acceptors (Lipinski definition) is 5. The van der Waals surface area contributed by atoms with E-state index in [1.165, 1.54) is 45.2 Å². The van der Waals surface area contributed by atoms with Gasteiger partial charge >= 0.3 is 0 Å². The summed E-state index contributed by atoms with van der Waals surface area (Å²) in [7, 11) is 0. The molecule has 23 heavy (non-hydrogen) atoms. The number of rotatable bonds is 3. The molecular formula is C17H26N6. The van der Waals surface area contributed by atoms with E-state index in [-0.39, 0.29) is 0 Å². The molecule has 0 spiro atoms. The Morgan fingerprint density at radius 2 is 1.87 bits per heavy atom. The molecular weight excluding hydrogens is 288 g/mol. The highest BCUT2D eigenvalue weighted by Crippen LogP contribution is 2.23. The van der Waals surface area contributed by atoms with Gasteiger partial charge in [0.15, 0.2) is 11.5 Å². The van der Waals surface area contributed by atoms with E-state index in [4.69, 9.17) is 5.10 Å². The molecule has 0 saturated carbocycles. The zero-order valence-electron chi connectivity index (χ0n) is 14.0. The topological polar surface area (TPSA) is 49.6 Å². The maximum absolute atomic E-state index is 4.83. The molecule has 1 unspecified atom stereocenters. The molecule has 0 aromatic carbocycles. The van der Waals surface area contributed by atoms with Crippen molar-refractivity contribution in [3.8, 4) is 0 Å². The molecule has 1 atom stereocenters. The molecule has 6 nitrogen and oxygen atoms in total. The van der Waals surface area contributed by atoms with Crippen molar-refractivity contribution in [2.75, 3.05) is 31.1 Å². The highest BCUT2D eigenvalue weighted by Gasteiger charge is 2.26. The Kier molecular flexibility index (Phi) is 4.16. The van der Waals surface area contributed by atoms with Crippen molar-refractivity contribution in [1.29, 1.82) is 0 Å². The van der Waals surface area contributed by atoms with E-state index in [1.807, 2.05) is 10.6 Å². The first-order valence-corrected chi connectivity index (χ1v) is 9.05. The Morgan fingerprint density at radius 1 is 1.04 bits per heavy atom. The second kappa shape index (κ2) is 6.43. The van der Waals surface area contributed by atoms with Crippen LogP contribution in [-0.2, 0) is 6.42 Å². The minimum absolute atomic E-state index is 0.684. The smallest absolute Gasteiger partial charge is 0.178 e. The summed E-state index contributed by atoms with van der Waals surface area (Å²) in [5.41, 5.74) is 0.844. The summed E-state index contributed by atoms with van der Waals surface area (Å²) in [6.07, 6.45) is 7.49. The van der Waals surface area contributed by atoms with E-state index in [0.717, 1.165) is 36.8 Å². The zero-order chi connectivity index (χ0) is 15.6. The predicted octanol–water partition coefficient (Wildman–Crippen LogP) is 2.14. The first kappa shape index (κ1) is 14.9. The summed E-state index contributed by atoms with van der Waals surface area (Å²) in [5.74, 6) is 2.01. The normalized spacial score (nSPS) is 23.5. The molecule has 2 saturated heterocycles. The summed E-state index contributed by atoms with van der Waals surface area (Å²) in [6.45, 7) is 6.85. The lowest BCUT2D eigenvalue weighted by molar-refractivity contribution is 0.236. The van der Waals surface area contributed by atoms with Crippen LogP contribution in [0.4, 0.5) is 5.82 Å². The molecule has 4 rings (SSSR count). The minimum atomic E-state index is 0.684. The molecule has 2 aliphatic rings. The van der Waals surface area contributed by atoms with Crippen LogP contribution in [0.2, 0.25) is 0 Å². The van der Waals surface area contributed by atoms with E-state index in [1.54, 1.807) is 0 Å². The Bertz CT molecular complexity index is 660. The van der Waals surface area contributed by atoms with Gasteiger partial charge in [0.25, 0.3) is 0 Å². The molecule has 4 heterocycles. The quantitative estimate of drug-likeness (QED) is 0.869. The van der Waals surface area contributed by atoms with Gasteiger partial charge in [0.05, 0.1) is 0 Å². The third kappa shape index (κ3) is 2.92. The van der Waals surface area contributed by atoms with Crippen LogP contribution < -0.4 is 4.90 Å². The second-order valence-electron chi connectivity index (χ2n) is 6.77. The largest absolute Gasteiger partial charge is 0.354 e. The van der Waals surface area contributed by atoms with Crippen LogP contribution in [0.1, 0.15) is 44.9 Å². The van der Waals surface area contributed by atoms with Gasteiger partial charge in [-0.1, -0.05) is 13.3 Å². The minimum Gasteiger partial charge on any atom is -0.354 e. The lowest BCUT2D eigenvalue weighted by Crippen LogP contribution is -2.42. The van der Waals surface area contributed by atoms with E-state index >= 15 is 0 Å². The lowest BCUT2D eigenvalue weighted by Gasteiger charge is -2.31. The van der Waals surface area contributed by atoms with Crippen LogP contribution in [0.3, 0.4) is 0 Å². The van der Waals surface area contributed by atoms with Crippen molar-refractivity contribution >= 4 is 11.5 Å². The van der Waals surface area contributed by atoms with Crippen molar-refractivity contribution in [3.05, 3.63) is 18.0 Å². The molecule has 124 valence electrons. The highest BCUT2D eigenvalue weighted by molar-refractivity contribution is 5.46. The first-order valence-electron chi connectivity index (χ1n) is 9.05. The van der Waals surface area contributed by atoms with Crippen LogP contribution in [0.25, 0.3) is 5.65 Å². The molecule has 6 heteroatoms. The van der Waals surface area contributed by atoms with Crippen LogP contribution in [0.15, 0.2) is 12.1 Å². The SMILES string of the molecule is CCc1nnc2ccc(N3CCCCC(N4CCCC4)C3)nn12. The van der Waals surface area contributed by atoms with E-state index in [2.05, 4.69) is 33.0 Å². The van der Waals surface area contributed by atoms with Gasteiger partial charge in [-0.3, -0.25) is 4.90 Å². The van der Waals surface area contributed by atoms with Crippen LogP contribution in [-0.4, -0.2) is 56.9 Å². The maximum atomic E-state index is 4.83. The van der Waals surface area contributed by atoms with Crippen molar-refractivity contribution in [2.45, 2.75) is 51.5 Å². The molecule has 2 aromatic rings. The lowest BCUT2D eigenvalue weighted by atomic mass is 10.1. The highest BCUT2D eigenvalue weighted by atomic mass is 15.4. The summed E-state index contributed by atoms with van der Waals surface area (Å²) in [4.78, 5) is 5.15. The van der Waals surface area contributed by atoms with E-state index in [9.17, 15) is 0 Å². The molecule has 2 fully saturated rings. The van der Waals surface area contributed by atoms with Gasteiger partial charge < -0.3 is 4.90 Å². The molecule has 0 aliphatic carbocycles. The van der Waals surface area contributed by atoms with Gasteiger partial charge in [-0.25, -0.2) is 0 Å². The third-order valence-corrected chi connectivity index (χ3v) is 5.26. The third-order valence-electron chi connectivity index (χ3n) is 5.26. The number of anilines is 1. The van der Waals surface area contributed by atoms with Crippen molar-refractivity contribution in [1.82, 2.24) is 24.7 Å². The number of aryl methyl sites for hydroxylation is 1. The van der Waals surface area contributed by atoms with Crippen molar-refractivity contribution < 1.29 is 0 Å². The Labute approximate surface area is 137 Å². The summed E-state index contributed by atoms with van der Waals surface area (Å²) in [6, 6.07) is 4.84. The molecule has 0 N–H and O–H groups in total. The average Bonchev–Trinajstić information content (AvgIpc) is 3.19. The van der Waals surface area contributed by atoms with Crippen LogP contribution >= 0.6 is 0 Å². The molecule has 0 radical (unpaired) electrons. The van der Waals surface area contributed by atoms with Crippen LogP contribution in [0.5, 0.6) is 0 Å². The molecule has 2 aliphatic heterocycles. The van der Waals surface area contributed by atoms with Crippen molar-refractivity contribution in [3.63, 3.8) is 0 Å². The fraction of sp³-hybridized carbons (Fsp3) is 0.706. The standard InChI is InChI=1S/C17H26N6/c1-2-15-18-19-16-8-9-17(20-23(15)16)22-12-4-3-7-14(13-22)21-10-5-6-11-21/h8-9,14H,2-7,10-13H2,1H3. The van der Waals surface area contributed by atoms with E-state index in [0.29, 0.717) is 6.04 Å². The van der Waals surface area contributed by atoms with Gasteiger partial charge in [0.2, 0.25) is 0 Å².